The number of benzene rings is 1. The molecule has 0 aliphatic heterocycles. The molecule has 0 aromatic heterocycles. The van der Waals surface area contributed by atoms with E-state index in [-0.39, 0.29) is 23.0 Å². The third-order valence-corrected chi connectivity index (χ3v) is 3.56. The van der Waals surface area contributed by atoms with Crippen LogP contribution >= 0.6 is 11.6 Å². The molecule has 0 bridgehead atoms. The lowest BCUT2D eigenvalue weighted by molar-refractivity contribution is 0.211. The lowest BCUT2D eigenvalue weighted by atomic mass is 10.00. The Kier molecular flexibility index (Phi) is 2.71. The summed E-state index contributed by atoms with van der Waals surface area (Å²) in [6, 6.07) is 4.77. The van der Waals surface area contributed by atoms with Crippen molar-refractivity contribution in [3.63, 3.8) is 0 Å². The van der Waals surface area contributed by atoms with E-state index in [1.807, 2.05) is 0 Å². The number of aliphatic hydroxyl groups excluding tert-OH is 1. The predicted molar refractivity (Wildman–Crippen MR) is 57.3 cm³/mol. The third kappa shape index (κ3) is 1.75. The van der Waals surface area contributed by atoms with Gasteiger partial charge in [-0.2, -0.15) is 0 Å². The van der Waals surface area contributed by atoms with Gasteiger partial charge >= 0.3 is 0 Å². The summed E-state index contributed by atoms with van der Waals surface area (Å²) in [4.78, 5) is 0. The fourth-order valence-corrected chi connectivity index (χ4v) is 2.13. The van der Waals surface area contributed by atoms with Gasteiger partial charge in [0.15, 0.2) is 0 Å². The van der Waals surface area contributed by atoms with Crippen LogP contribution in [0.2, 0.25) is 5.02 Å². The van der Waals surface area contributed by atoms with Gasteiger partial charge in [0.1, 0.15) is 5.82 Å². The normalized spacial score (nSPS) is 29.2. The molecule has 1 aliphatic rings. The highest BCUT2D eigenvalue weighted by atomic mass is 35.5. The van der Waals surface area contributed by atoms with Crippen molar-refractivity contribution in [2.45, 2.75) is 12.3 Å². The van der Waals surface area contributed by atoms with Crippen LogP contribution in [0.3, 0.4) is 0 Å². The first-order valence-corrected chi connectivity index (χ1v) is 5.26. The summed E-state index contributed by atoms with van der Waals surface area (Å²) in [5.41, 5.74) is 6.23. The number of hydrogen-bond acceptors (Lipinski definition) is 2. The summed E-state index contributed by atoms with van der Waals surface area (Å²) in [5, 5.41) is 9.34. The van der Waals surface area contributed by atoms with Gasteiger partial charge in [0.05, 0.1) is 11.6 Å². The van der Waals surface area contributed by atoms with Crippen LogP contribution in [0.5, 0.6) is 0 Å². The van der Waals surface area contributed by atoms with Crippen molar-refractivity contribution in [1.82, 2.24) is 0 Å². The molecule has 2 nitrogen and oxygen atoms in total. The highest BCUT2D eigenvalue weighted by molar-refractivity contribution is 6.30. The van der Waals surface area contributed by atoms with E-state index in [0.717, 1.165) is 12.0 Å². The van der Waals surface area contributed by atoms with Crippen molar-refractivity contribution in [3.05, 3.63) is 34.6 Å². The van der Waals surface area contributed by atoms with E-state index in [4.69, 9.17) is 17.3 Å². The highest BCUT2D eigenvalue weighted by Crippen LogP contribution is 2.58. The maximum atomic E-state index is 13.2. The Hall–Kier alpha value is -0.640. The Morgan fingerprint density at radius 2 is 2.33 bits per heavy atom. The van der Waals surface area contributed by atoms with Crippen LogP contribution in [0.15, 0.2) is 18.2 Å². The molecule has 0 spiro atoms. The highest BCUT2D eigenvalue weighted by Gasteiger charge is 2.53. The quantitative estimate of drug-likeness (QED) is 0.832. The molecule has 1 aromatic carbocycles. The zero-order chi connectivity index (χ0) is 11.1. The smallest absolute Gasteiger partial charge is 0.142 e. The number of aliphatic hydroxyl groups is 1. The lowest BCUT2D eigenvalue weighted by Gasteiger charge is -2.11. The Balaban J connectivity index is 2.23. The van der Waals surface area contributed by atoms with Gasteiger partial charge in [-0.3, -0.25) is 0 Å². The van der Waals surface area contributed by atoms with Crippen LogP contribution in [0.25, 0.3) is 0 Å². The predicted octanol–water partition coefficient (Wildman–Crippen LogP) is 1.90. The summed E-state index contributed by atoms with van der Waals surface area (Å²) < 4.78 is 13.2. The fraction of sp³-hybridized carbons (Fsp3) is 0.455. The molecular weight excluding hydrogens is 217 g/mol. The van der Waals surface area contributed by atoms with Gasteiger partial charge in [0, 0.05) is 12.0 Å². The van der Waals surface area contributed by atoms with Gasteiger partial charge in [-0.1, -0.05) is 17.7 Å². The second kappa shape index (κ2) is 3.74. The van der Waals surface area contributed by atoms with Gasteiger partial charge < -0.3 is 10.8 Å². The second-order valence-corrected chi connectivity index (χ2v) is 4.56. The standard InChI is InChI=1S/C11H13ClFNO/c12-9-2-1-7(3-10(9)13)8-4-11(8,5-14)6-15/h1-3,8,15H,4-6,14H2. The molecule has 3 N–H and O–H groups in total. The minimum atomic E-state index is -0.412. The summed E-state index contributed by atoms with van der Waals surface area (Å²) in [6.45, 7) is 0.483. The van der Waals surface area contributed by atoms with Crippen molar-refractivity contribution < 1.29 is 9.50 Å². The molecule has 0 amide bonds. The number of rotatable bonds is 3. The molecule has 82 valence electrons. The Labute approximate surface area is 92.9 Å². The van der Waals surface area contributed by atoms with Crippen molar-refractivity contribution >= 4 is 11.6 Å². The van der Waals surface area contributed by atoms with E-state index in [1.165, 1.54) is 6.07 Å². The van der Waals surface area contributed by atoms with E-state index < -0.39 is 5.82 Å². The molecule has 2 atom stereocenters. The maximum absolute atomic E-state index is 13.2. The molecule has 1 saturated carbocycles. The molecule has 15 heavy (non-hydrogen) atoms. The molecule has 4 heteroatoms. The van der Waals surface area contributed by atoms with E-state index in [9.17, 15) is 9.50 Å². The average Bonchev–Trinajstić information content (AvgIpc) is 2.97. The monoisotopic (exact) mass is 229 g/mol. The van der Waals surface area contributed by atoms with Crippen LogP contribution in [-0.4, -0.2) is 18.3 Å². The van der Waals surface area contributed by atoms with E-state index in [2.05, 4.69) is 0 Å². The minimum Gasteiger partial charge on any atom is -0.396 e. The van der Waals surface area contributed by atoms with E-state index in [0.29, 0.717) is 6.54 Å². The summed E-state index contributed by atoms with van der Waals surface area (Å²) >= 11 is 5.60. The van der Waals surface area contributed by atoms with Gasteiger partial charge in [0.2, 0.25) is 0 Å². The second-order valence-electron chi connectivity index (χ2n) is 4.15. The van der Waals surface area contributed by atoms with Gasteiger partial charge in [-0.25, -0.2) is 4.39 Å². The maximum Gasteiger partial charge on any atom is 0.142 e. The third-order valence-electron chi connectivity index (χ3n) is 3.26. The Morgan fingerprint density at radius 1 is 1.60 bits per heavy atom. The van der Waals surface area contributed by atoms with Gasteiger partial charge in [0.25, 0.3) is 0 Å². The zero-order valence-corrected chi connectivity index (χ0v) is 8.97. The lowest BCUT2D eigenvalue weighted by Crippen LogP contribution is -2.21. The molecule has 0 heterocycles. The van der Waals surface area contributed by atoms with E-state index in [1.54, 1.807) is 12.1 Å². The van der Waals surface area contributed by atoms with Crippen molar-refractivity contribution in [1.29, 1.82) is 0 Å². The van der Waals surface area contributed by atoms with Crippen molar-refractivity contribution in [3.8, 4) is 0 Å². The minimum absolute atomic E-state index is 0.0540. The van der Waals surface area contributed by atoms with Crippen LogP contribution < -0.4 is 5.73 Å². The zero-order valence-electron chi connectivity index (χ0n) is 8.21. The topological polar surface area (TPSA) is 46.2 Å². The first kappa shape index (κ1) is 10.9. The number of halogens is 2. The first-order chi connectivity index (χ1) is 7.13. The van der Waals surface area contributed by atoms with Crippen LogP contribution in [-0.2, 0) is 0 Å². The molecule has 2 rings (SSSR count). The molecule has 1 fully saturated rings. The summed E-state index contributed by atoms with van der Waals surface area (Å²) in [5.74, 6) is -0.246. The average molecular weight is 230 g/mol. The fourth-order valence-electron chi connectivity index (χ4n) is 2.01. The number of nitrogens with two attached hydrogens (primary N) is 1. The van der Waals surface area contributed by atoms with Crippen LogP contribution in [0.1, 0.15) is 17.9 Å². The van der Waals surface area contributed by atoms with Gasteiger partial charge in [-0.05, 0) is 30.0 Å². The largest absolute Gasteiger partial charge is 0.396 e. The molecule has 0 radical (unpaired) electrons. The summed E-state index contributed by atoms with van der Waals surface area (Å²) in [6.07, 6.45) is 0.821. The molecular formula is C11H13ClFNO. The van der Waals surface area contributed by atoms with Crippen LogP contribution in [0.4, 0.5) is 4.39 Å². The summed E-state index contributed by atoms with van der Waals surface area (Å²) in [7, 11) is 0. The van der Waals surface area contributed by atoms with Gasteiger partial charge in [-0.15, -0.1) is 0 Å². The van der Waals surface area contributed by atoms with Crippen LogP contribution in [0, 0.1) is 11.2 Å². The number of hydrogen-bond donors (Lipinski definition) is 2. The van der Waals surface area contributed by atoms with E-state index >= 15 is 0 Å². The first-order valence-electron chi connectivity index (χ1n) is 4.89. The van der Waals surface area contributed by atoms with Crippen molar-refractivity contribution in [2.24, 2.45) is 11.1 Å². The molecule has 2 unspecified atom stereocenters. The Bertz CT molecular complexity index is 379. The van der Waals surface area contributed by atoms with Crippen molar-refractivity contribution in [2.75, 3.05) is 13.2 Å². The SMILES string of the molecule is NCC1(CO)CC1c1ccc(Cl)c(F)c1. The molecule has 1 aromatic rings. The Morgan fingerprint density at radius 3 is 2.80 bits per heavy atom. The molecule has 0 saturated heterocycles. The molecule has 1 aliphatic carbocycles.